The molecular weight excluding hydrogens is 274 g/mol. The lowest BCUT2D eigenvalue weighted by Crippen LogP contribution is -2.24. The number of carboxylic acids is 1. The van der Waals surface area contributed by atoms with Crippen LogP contribution in [0.4, 0.5) is 8.78 Å². The van der Waals surface area contributed by atoms with Crippen LogP contribution < -0.4 is 0 Å². The summed E-state index contributed by atoms with van der Waals surface area (Å²) in [6.45, 7) is 6.38. The van der Waals surface area contributed by atoms with E-state index in [9.17, 15) is 17.8 Å². The van der Waals surface area contributed by atoms with Crippen LogP contribution in [-0.4, -0.2) is 20.0 Å². The van der Waals surface area contributed by atoms with Crippen molar-refractivity contribution in [2.45, 2.75) is 43.8 Å². The molecule has 0 heterocycles. The van der Waals surface area contributed by atoms with Gasteiger partial charge in [0.1, 0.15) is 0 Å². The van der Waals surface area contributed by atoms with E-state index in [4.69, 9.17) is 5.11 Å². The smallest absolute Gasteiger partial charge is 0.335 e. The maximum absolute atomic E-state index is 13.0. The van der Waals surface area contributed by atoms with Gasteiger partial charge in [0, 0.05) is 10.3 Å². The standard InChI is InChI=1S/C13H16F2O3S/c1-7-8(12(16)17)5-6-9(11(14)15)10(7)19(18)13(2,3)4/h5-6,11H,1-4H3,(H,16,17)/t19-/m0/s1. The summed E-state index contributed by atoms with van der Waals surface area (Å²) < 4.78 is 37.6. The Balaban J connectivity index is 3.61. The quantitative estimate of drug-likeness (QED) is 0.926. The zero-order valence-corrected chi connectivity index (χ0v) is 12.0. The minimum Gasteiger partial charge on any atom is -0.478 e. The lowest BCUT2D eigenvalue weighted by Gasteiger charge is -2.22. The fourth-order valence-electron chi connectivity index (χ4n) is 1.67. The van der Waals surface area contributed by atoms with Gasteiger partial charge in [-0.1, -0.05) is 6.07 Å². The van der Waals surface area contributed by atoms with Gasteiger partial charge in [-0.25, -0.2) is 13.6 Å². The van der Waals surface area contributed by atoms with Crippen molar-refractivity contribution in [2.75, 3.05) is 0 Å². The molecule has 0 saturated heterocycles. The predicted octanol–water partition coefficient (Wildman–Crippen LogP) is 3.54. The Kier molecular flexibility index (Phi) is 4.45. The molecule has 0 spiro atoms. The number of alkyl halides is 2. The van der Waals surface area contributed by atoms with E-state index in [1.54, 1.807) is 20.8 Å². The summed E-state index contributed by atoms with van der Waals surface area (Å²) in [6.07, 6.45) is -2.79. The number of carbonyl (C=O) groups is 1. The third kappa shape index (κ3) is 3.18. The van der Waals surface area contributed by atoms with E-state index in [0.29, 0.717) is 0 Å². The van der Waals surface area contributed by atoms with Gasteiger partial charge < -0.3 is 5.11 Å². The third-order valence-corrected chi connectivity index (χ3v) is 4.67. The molecule has 1 aromatic carbocycles. The van der Waals surface area contributed by atoms with E-state index >= 15 is 0 Å². The molecule has 19 heavy (non-hydrogen) atoms. The molecule has 0 aromatic heterocycles. The number of hydrogen-bond donors (Lipinski definition) is 1. The first kappa shape index (κ1) is 15.8. The van der Waals surface area contributed by atoms with E-state index in [2.05, 4.69) is 0 Å². The Morgan fingerprint density at radius 3 is 2.21 bits per heavy atom. The van der Waals surface area contributed by atoms with Gasteiger partial charge in [-0.15, -0.1) is 0 Å². The largest absolute Gasteiger partial charge is 0.478 e. The SMILES string of the molecule is Cc1c(C(=O)O)ccc(C(F)F)c1[S@](=O)C(C)(C)C. The number of aromatic carboxylic acids is 1. The van der Waals surface area contributed by atoms with Crippen molar-refractivity contribution in [3.63, 3.8) is 0 Å². The topological polar surface area (TPSA) is 54.4 Å². The van der Waals surface area contributed by atoms with Crippen LogP contribution in [0.5, 0.6) is 0 Å². The minimum absolute atomic E-state index is 0.0672. The Morgan fingerprint density at radius 2 is 1.84 bits per heavy atom. The fourth-order valence-corrected chi connectivity index (χ4v) is 3.04. The molecule has 1 atom stereocenters. The van der Waals surface area contributed by atoms with Crippen molar-refractivity contribution in [1.82, 2.24) is 0 Å². The van der Waals surface area contributed by atoms with Crippen LogP contribution in [0.15, 0.2) is 17.0 Å². The molecule has 6 heteroatoms. The lowest BCUT2D eigenvalue weighted by atomic mass is 10.1. The molecule has 0 bridgehead atoms. The Hall–Kier alpha value is -1.30. The van der Waals surface area contributed by atoms with Crippen molar-refractivity contribution < 1.29 is 22.9 Å². The zero-order chi connectivity index (χ0) is 15.0. The molecule has 0 fully saturated rings. The van der Waals surface area contributed by atoms with Gasteiger partial charge >= 0.3 is 5.97 Å². The minimum atomic E-state index is -2.79. The molecular formula is C13H16F2O3S. The number of halogens is 2. The Morgan fingerprint density at radius 1 is 1.32 bits per heavy atom. The molecule has 106 valence electrons. The van der Waals surface area contributed by atoms with E-state index in [0.717, 1.165) is 12.1 Å². The second kappa shape index (κ2) is 5.36. The normalized spacial score (nSPS) is 13.6. The van der Waals surface area contributed by atoms with Crippen LogP contribution in [0.2, 0.25) is 0 Å². The Labute approximate surface area is 113 Å². The van der Waals surface area contributed by atoms with Gasteiger partial charge in [-0.05, 0) is 39.3 Å². The highest BCUT2D eigenvalue weighted by Gasteiger charge is 2.29. The van der Waals surface area contributed by atoms with Gasteiger partial charge in [0.25, 0.3) is 6.43 Å². The molecule has 0 aliphatic heterocycles. The van der Waals surface area contributed by atoms with Gasteiger partial charge in [-0.3, -0.25) is 4.21 Å². The molecule has 0 aliphatic rings. The van der Waals surface area contributed by atoms with E-state index in [1.807, 2.05) is 0 Å². The average Bonchev–Trinajstić information content (AvgIpc) is 2.25. The first-order valence-electron chi connectivity index (χ1n) is 5.64. The third-order valence-electron chi connectivity index (χ3n) is 2.64. The van der Waals surface area contributed by atoms with Crippen molar-refractivity contribution in [3.8, 4) is 0 Å². The summed E-state index contributed by atoms with van der Waals surface area (Å²) in [5.74, 6) is -1.22. The van der Waals surface area contributed by atoms with E-state index < -0.39 is 27.9 Å². The molecule has 1 rings (SSSR count). The van der Waals surface area contributed by atoms with E-state index in [-0.39, 0.29) is 21.6 Å². The molecule has 0 radical (unpaired) electrons. The fraction of sp³-hybridized carbons (Fsp3) is 0.462. The van der Waals surface area contributed by atoms with Crippen LogP contribution in [-0.2, 0) is 10.8 Å². The van der Waals surface area contributed by atoms with Gasteiger partial charge in [0.15, 0.2) is 0 Å². The lowest BCUT2D eigenvalue weighted by molar-refractivity contribution is 0.0695. The second-order valence-electron chi connectivity index (χ2n) is 5.14. The van der Waals surface area contributed by atoms with Crippen LogP contribution in [0.3, 0.4) is 0 Å². The molecule has 0 saturated carbocycles. The monoisotopic (exact) mass is 290 g/mol. The number of benzene rings is 1. The first-order chi connectivity index (χ1) is 8.57. The summed E-state index contributed by atoms with van der Waals surface area (Å²) in [5, 5.41) is 9.02. The molecule has 3 nitrogen and oxygen atoms in total. The van der Waals surface area contributed by atoms with Gasteiger partial charge in [0.2, 0.25) is 0 Å². The maximum Gasteiger partial charge on any atom is 0.335 e. The Bertz CT molecular complexity index is 533. The van der Waals surface area contributed by atoms with Crippen molar-refractivity contribution in [2.24, 2.45) is 0 Å². The van der Waals surface area contributed by atoms with Gasteiger partial charge in [0.05, 0.1) is 21.3 Å². The van der Waals surface area contributed by atoms with Crippen molar-refractivity contribution >= 4 is 16.8 Å². The van der Waals surface area contributed by atoms with Crippen LogP contribution >= 0.6 is 0 Å². The summed E-state index contributed by atoms with van der Waals surface area (Å²) in [6, 6.07) is 2.17. The summed E-state index contributed by atoms with van der Waals surface area (Å²) in [4.78, 5) is 11.0. The van der Waals surface area contributed by atoms with E-state index in [1.165, 1.54) is 6.92 Å². The molecule has 0 amide bonds. The van der Waals surface area contributed by atoms with Gasteiger partial charge in [-0.2, -0.15) is 0 Å². The highest BCUT2D eigenvalue weighted by molar-refractivity contribution is 7.86. The molecule has 1 N–H and O–H groups in total. The number of rotatable bonds is 3. The average molecular weight is 290 g/mol. The van der Waals surface area contributed by atoms with Crippen LogP contribution in [0.25, 0.3) is 0 Å². The number of carboxylic acid groups (broad SMARTS) is 1. The summed E-state index contributed by atoms with van der Waals surface area (Å²) in [7, 11) is -1.71. The van der Waals surface area contributed by atoms with Crippen molar-refractivity contribution in [1.29, 1.82) is 0 Å². The predicted molar refractivity (Wildman–Crippen MR) is 69.3 cm³/mol. The van der Waals surface area contributed by atoms with Crippen LogP contribution in [0.1, 0.15) is 48.7 Å². The molecule has 1 aromatic rings. The molecule has 0 aliphatic carbocycles. The highest BCUT2D eigenvalue weighted by atomic mass is 32.2. The van der Waals surface area contributed by atoms with Crippen LogP contribution in [0, 0.1) is 6.92 Å². The number of hydrogen-bond acceptors (Lipinski definition) is 2. The first-order valence-corrected chi connectivity index (χ1v) is 6.79. The highest BCUT2D eigenvalue weighted by Crippen LogP contribution is 2.33. The summed E-state index contributed by atoms with van der Waals surface area (Å²) >= 11 is 0. The summed E-state index contributed by atoms with van der Waals surface area (Å²) in [5.41, 5.74) is -0.327. The zero-order valence-electron chi connectivity index (χ0n) is 11.2. The van der Waals surface area contributed by atoms with Crippen molar-refractivity contribution in [3.05, 3.63) is 28.8 Å². The second-order valence-corrected chi connectivity index (χ2v) is 7.31. The molecule has 0 unspecified atom stereocenters. The maximum atomic E-state index is 13.0.